The maximum absolute atomic E-state index is 12.2. The third-order valence-corrected chi connectivity index (χ3v) is 2.95. The van der Waals surface area contributed by atoms with Crippen molar-refractivity contribution in [3.05, 3.63) is 16.1 Å². The number of aromatic nitrogens is 1. The van der Waals surface area contributed by atoms with Crippen molar-refractivity contribution in [2.45, 2.75) is 31.7 Å². The van der Waals surface area contributed by atoms with Crippen molar-refractivity contribution in [3.63, 3.8) is 0 Å². The molecule has 2 atom stereocenters. The van der Waals surface area contributed by atoms with Gasteiger partial charge in [0.2, 0.25) is 0 Å². The summed E-state index contributed by atoms with van der Waals surface area (Å²) in [4.78, 5) is 3.17. The van der Waals surface area contributed by atoms with Crippen LogP contribution in [0.1, 0.15) is 29.3 Å². The molecule has 2 N–H and O–H groups in total. The number of nitrogens with zero attached hydrogens (tertiary/aromatic N) is 1. The second-order valence-electron chi connectivity index (χ2n) is 2.99. The quantitative estimate of drug-likeness (QED) is 0.850. The normalized spacial score (nSPS) is 16.4. The van der Waals surface area contributed by atoms with Crippen molar-refractivity contribution in [1.29, 1.82) is 0 Å². The molecule has 86 valence electrons. The summed E-state index contributed by atoms with van der Waals surface area (Å²) in [6.45, 7) is 1.62. The molecule has 0 saturated carbocycles. The van der Waals surface area contributed by atoms with Crippen LogP contribution in [0.4, 0.5) is 13.2 Å². The van der Waals surface area contributed by atoms with Gasteiger partial charge in [-0.25, -0.2) is 4.98 Å². The minimum atomic E-state index is -4.50. The summed E-state index contributed by atoms with van der Waals surface area (Å²) in [5.41, 5.74) is 0. The molecular weight excluding hydrogens is 231 g/mol. The van der Waals surface area contributed by atoms with E-state index in [1.54, 1.807) is 6.92 Å². The van der Waals surface area contributed by atoms with Crippen LogP contribution in [-0.4, -0.2) is 21.3 Å². The second-order valence-corrected chi connectivity index (χ2v) is 4.05. The van der Waals surface area contributed by atoms with Crippen LogP contribution >= 0.6 is 11.3 Å². The zero-order valence-corrected chi connectivity index (χ0v) is 8.64. The zero-order valence-electron chi connectivity index (χ0n) is 7.82. The molecule has 0 fully saturated rings. The fraction of sp³-hybridized carbons (Fsp3) is 0.625. The molecule has 0 amide bonds. The van der Waals surface area contributed by atoms with Crippen LogP contribution in [0, 0.1) is 0 Å². The van der Waals surface area contributed by atoms with E-state index in [4.69, 9.17) is 0 Å². The number of rotatable bonds is 3. The second kappa shape index (κ2) is 4.46. The monoisotopic (exact) mass is 241 g/mol. The lowest BCUT2D eigenvalue weighted by atomic mass is 10.1. The molecule has 1 aromatic rings. The van der Waals surface area contributed by atoms with Crippen molar-refractivity contribution in [3.8, 4) is 0 Å². The van der Waals surface area contributed by atoms with E-state index in [1.165, 1.54) is 0 Å². The number of halogens is 3. The van der Waals surface area contributed by atoms with Crippen LogP contribution < -0.4 is 0 Å². The molecule has 1 heterocycles. The topological polar surface area (TPSA) is 53.4 Å². The summed E-state index contributed by atoms with van der Waals surface area (Å²) in [5.74, 6) is 0. The number of aliphatic hydroxyl groups excluding tert-OH is 2. The minimum Gasteiger partial charge on any atom is -0.390 e. The van der Waals surface area contributed by atoms with Gasteiger partial charge in [-0.05, 0) is 6.42 Å². The van der Waals surface area contributed by atoms with E-state index in [1.807, 2.05) is 0 Å². The highest BCUT2D eigenvalue weighted by atomic mass is 32.1. The first-order chi connectivity index (χ1) is 6.86. The Morgan fingerprint density at radius 2 is 2.07 bits per heavy atom. The van der Waals surface area contributed by atoms with E-state index in [0.29, 0.717) is 11.3 Å². The van der Waals surface area contributed by atoms with Gasteiger partial charge in [0.05, 0.1) is 11.0 Å². The van der Waals surface area contributed by atoms with Crippen LogP contribution in [-0.2, 0) is 6.18 Å². The van der Waals surface area contributed by atoms with Gasteiger partial charge in [0.15, 0.2) is 5.01 Å². The molecule has 15 heavy (non-hydrogen) atoms. The van der Waals surface area contributed by atoms with Crippen molar-refractivity contribution in [2.75, 3.05) is 0 Å². The molecule has 0 aliphatic carbocycles. The summed E-state index contributed by atoms with van der Waals surface area (Å²) in [6, 6.07) is 0. The number of aliphatic hydroxyl groups is 2. The summed E-state index contributed by atoms with van der Waals surface area (Å²) >= 11 is 0.346. The molecule has 0 bridgehead atoms. The Morgan fingerprint density at radius 3 is 2.47 bits per heavy atom. The van der Waals surface area contributed by atoms with Crippen LogP contribution in [0.5, 0.6) is 0 Å². The Bertz CT molecular complexity index is 326. The zero-order chi connectivity index (χ0) is 11.6. The predicted octanol–water partition coefficient (Wildman–Crippen LogP) is 1.97. The highest BCUT2D eigenvalue weighted by Gasteiger charge is 2.35. The number of alkyl halides is 3. The van der Waals surface area contributed by atoms with Gasteiger partial charge in [0.25, 0.3) is 0 Å². The van der Waals surface area contributed by atoms with E-state index in [2.05, 4.69) is 4.98 Å². The lowest BCUT2D eigenvalue weighted by molar-refractivity contribution is -0.137. The van der Waals surface area contributed by atoms with Crippen molar-refractivity contribution in [2.24, 2.45) is 0 Å². The molecule has 2 unspecified atom stereocenters. The average molecular weight is 241 g/mol. The largest absolute Gasteiger partial charge is 0.443 e. The van der Waals surface area contributed by atoms with Gasteiger partial charge in [-0.1, -0.05) is 6.92 Å². The number of thiazole rings is 1. The SMILES string of the molecule is CCC(O)C(O)c1cnc(C(F)(F)F)s1. The summed E-state index contributed by atoms with van der Waals surface area (Å²) in [6.07, 6.45) is -5.66. The van der Waals surface area contributed by atoms with E-state index >= 15 is 0 Å². The van der Waals surface area contributed by atoms with Crippen LogP contribution in [0.15, 0.2) is 6.20 Å². The Hall–Kier alpha value is -0.660. The molecule has 3 nitrogen and oxygen atoms in total. The Kier molecular flexibility index (Phi) is 3.69. The van der Waals surface area contributed by atoms with Gasteiger partial charge in [0, 0.05) is 6.20 Å². The maximum atomic E-state index is 12.2. The van der Waals surface area contributed by atoms with Gasteiger partial charge in [0.1, 0.15) is 6.10 Å². The van der Waals surface area contributed by atoms with Gasteiger partial charge in [-0.2, -0.15) is 13.2 Å². The first-order valence-corrected chi connectivity index (χ1v) is 5.07. The molecule has 1 aromatic heterocycles. The van der Waals surface area contributed by atoms with Gasteiger partial charge in [-0.15, -0.1) is 11.3 Å². The van der Waals surface area contributed by atoms with E-state index in [0.717, 1.165) is 6.20 Å². The van der Waals surface area contributed by atoms with Crippen LogP contribution in [0.25, 0.3) is 0 Å². The lowest BCUT2D eigenvalue weighted by Gasteiger charge is -2.13. The Labute approximate surface area is 88.2 Å². The van der Waals surface area contributed by atoms with Crippen molar-refractivity contribution < 1.29 is 23.4 Å². The lowest BCUT2D eigenvalue weighted by Crippen LogP contribution is -2.15. The van der Waals surface area contributed by atoms with E-state index < -0.39 is 23.4 Å². The molecule has 0 saturated heterocycles. The Morgan fingerprint density at radius 1 is 1.47 bits per heavy atom. The highest BCUT2D eigenvalue weighted by molar-refractivity contribution is 7.11. The fourth-order valence-corrected chi connectivity index (χ4v) is 1.79. The fourth-order valence-electron chi connectivity index (χ4n) is 0.967. The van der Waals surface area contributed by atoms with Crippen LogP contribution in [0.3, 0.4) is 0 Å². The van der Waals surface area contributed by atoms with Crippen molar-refractivity contribution in [1.82, 2.24) is 4.98 Å². The molecule has 0 spiro atoms. The number of hydrogen-bond donors (Lipinski definition) is 2. The molecule has 0 aliphatic rings. The summed E-state index contributed by atoms with van der Waals surface area (Å²) in [7, 11) is 0. The standard InChI is InChI=1S/C8H10F3NO2S/c1-2-4(13)6(14)5-3-12-7(15-5)8(9,10)11/h3-4,6,13-14H,2H2,1H3. The predicted molar refractivity (Wildman–Crippen MR) is 48.4 cm³/mol. The van der Waals surface area contributed by atoms with Crippen LogP contribution in [0.2, 0.25) is 0 Å². The van der Waals surface area contributed by atoms with Gasteiger partial charge >= 0.3 is 6.18 Å². The summed E-state index contributed by atoms with van der Waals surface area (Å²) in [5, 5.41) is 17.6. The van der Waals surface area contributed by atoms with Gasteiger partial charge < -0.3 is 10.2 Å². The highest BCUT2D eigenvalue weighted by Crippen LogP contribution is 2.35. The van der Waals surface area contributed by atoms with Gasteiger partial charge in [-0.3, -0.25) is 0 Å². The summed E-state index contributed by atoms with van der Waals surface area (Å²) < 4.78 is 36.5. The third kappa shape index (κ3) is 2.90. The average Bonchev–Trinajstić information content (AvgIpc) is 2.63. The smallest absolute Gasteiger partial charge is 0.390 e. The first kappa shape index (κ1) is 12.4. The maximum Gasteiger partial charge on any atom is 0.443 e. The molecule has 0 aromatic carbocycles. The van der Waals surface area contributed by atoms with Crippen molar-refractivity contribution >= 4 is 11.3 Å². The van der Waals surface area contributed by atoms with E-state index in [9.17, 15) is 23.4 Å². The Balaban J connectivity index is 2.85. The molecule has 0 aliphatic heterocycles. The first-order valence-electron chi connectivity index (χ1n) is 4.25. The minimum absolute atomic E-state index is 0.0247. The molecule has 1 rings (SSSR count). The number of hydrogen-bond acceptors (Lipinski definition) is 4. The molecular formula is C8H10F3NO2S. The molecule has 7 heteroatoms. The molecule has 0 radical (unpaired) electrons. The van der Waals surface area contributed by atoms with E-state index in [-0.39, 0.29) is 11.3 Å². The third-order valence-electron chi connectivity index (χ3n) is 1.84.